The molecular formula is C14H20BrNO2S. The average Bonchev–Trinajstić information content (AvgIpc) is 2.37. The van der Waals surface area contributed by atoms with Gasteiger partial charge in [0.15, 0.2) is 9.84 Å². The fraction of sp³-hybridized carbons (Fsp3) is 0.571. The van der Waals surface area contributed by atoms with Crippen molar-refractivity contribution in [3.8, 4) is 0 Å². The van der Waals surface area contributed by atoms with Crippen molar-refractivity contribution in [1.82, 2.24) is 5.32 Å². The third-order valence-electron chi connectivity index (χ3n) is 3.65. The molecule has 5 heteroatoms. The lowest BCUT2D eigenvalue weighted by molar-refractivity contribution is 0.454. The standard InChI is InChI=1S/C14H20BrNO2S/c1-2-16-14(11-6-8-12(15)9-7-11)13-5-3-4-10-19(13,17)18/h6-9,13-14,16H,2-5,10H2,1H3. The van der Waals surface area contributed by atoms with Gasteiger partial charge in [-0.3, -0.25) is 0 Å². The first kappa shape index (κ1) is 15.0. The lowest BCUT2D eigenvalue weighted by Gasteiger charge is -2.31. The first-order valence-electron chi connectivity index (χ1n) is 6.75. The Morgan fingerprint density at radius 2 is 2.00 bits per heavy atom. The van der Waals surface area contributed by atoms with Gasteiger partial charge in [0.25, 0.3) is 0 Å². The predicted octanol–water partition coefficient (Wildman–Crippen LogP) is 3.07. The molecule has 2 unspecified atom stereocenters. The molecule has 0 aliphatic carbocycles. The summed E-state index contributed by atoms with van der Waals surface area (Å²) in [5.74, 6) is 0.329. The molecule has 0 spiro atoms. The van der Waals surface area contributed by atoms with Gasteiger partial charge < -0.3 is 5.32 Å². The zero-order valence-corrected chi connectivity index (χ0v) is 13.5. The normalized spacial score (nSPS) is 24.0. The molecule has 2 rings (SSSR count). The minimum Gasteiger partial charge on any atom is -0.309 e. The van der Waals surface area contributed by atoms with Crippen molar-refractivity contribution in [2.75, 3.05) is 12.3 Å². The van der Waals surface area contributed by atoms with Crippen LogP contribution in [-0.4, -0.2) is 26.0 Å². The maximum atomic E-state index is 12.3. The monoisotopic (exact) mass is 345 g/mol. The summed E-state index contributed by atoms with van der Waals surface area (Å²) in [6, 6.07) is 7.84. The van der Waals surface area contributed by atoms with E-state index in [9.17, 15) is 8.42 Å². The Hall–Kier alpha value is -0.390. The summed E-state index contributed by atoms with van der Waals surface area (Å²) >= 11 is 3.41. The van der Waals surface area contributed by atoms with Crippen molar-refractivity contribution in [3.05, 3.63) is 34.3 Å². The minimum absolute atomic E-state index is 0.0941. The van der Waals surface area contributed by atoms with Crippen molar-refractivity contribution < 1.29 is 8.42 Å². The number of benzene rings is 1. The Bertz CT molecular complexity index is 513. The molecule has 0 saturated carbocycles. The summed E-state index contributed by atoms with van der Waals surface area (Å²) in [6.45, 7) is 2.79. The second-order valence-corrected chi connectivity index (χ2v) is 8.24. The summed E-state index contributed by atoms with van der Waals surface area (Å²) in [6.07, 6.45) is 2.57. The van der Waals surface area contributed by atoms with Crippen LogP contribution >= 0.6 is 15.9 Å². The molecule has 2 atom stereocenters. The smallest absolute Gasteiger partial charge is 0.155 e. The number of rotatable bonds is 4. The van der Waals surface area contributed by atoms with Gasteiger partial charge in [0, 0.05) is 10.5 Å². The van der Waals surface area contributed by atoms with E-state index in [0.717, 1.165) is 35.8 Å². The van der Waals surface area contributed by atoms with E-state index in [1.807, 2.05) is 31.2 Å². The lowest BCUT2D eigenvalue weighted by Crippen LogP contribution is -2.40. The molecule has 1 aromatic rings. The molecule has 1 fully saturated rings. The van der Waals surface area contributed by atoms with Gasteiger partial charge in [-0.15, -0.1) is 0 Å². The van der Waals surface area contributed by atoms with Crippen molar-refractivity contribution >= 4 is 25.8 Å². The van der Waals surface area contributed by atoms with Crippen LogP contribution in [0.3, 0.4) is 0 Å². The van der Waals surface area contributed by atoms with Gasteiger partial charge in [0.1, 0.15) is 0 Å². The Morgan fingerprint density at radius 3 is 2.58 bits per heavy atom. The van der Waals surface area contributed by atoms with Gasteiger partial charge in [-0.25, -0.2) is 8.42 Å². The van der Waals surface area contributed by atoms with Gasteiger partial charge >= 0.3 is 0 Å². The van der Waals surface area contributed by atoms with E-state index in [1.165, 1.54) is 0 Å². The molecule has 0 bridgehead atoms. The molecule has 1 aliphatic heterocycles. The molecule has 19 heavy (non-hydrogen) atoms. The fourth-order valence-electron chi connectivity index (χ4n) is 2.71. The van der Waals surface area contributed by atoms with E-state index < -0.39 is 9.84 Å². The largest absolute Gasteiger partial charge is 0.309 e. The van der Waals surface area contributed by atoms with Crippen LogP contribution in [0.2, 0.25) is 0 Å². The molecule has 0 amide bonds. The summed E-state index contributed by atoms with van der Waals surface area (Å²) < 4.78 is 25.6. The molecule has 0 radical (unpaired) electrons. The number of nitrogens with one attached hydrogen (secondary N) is 1. The Labute approximate surface area is 123 Å². The zero-order valence-electron chi connectivity index (χ0n) is 11.1. The topological polar surface area (TPSA) is 46.2 Å². The maximum Gasteiger partial charge on any atom is 0.155 e. The molecule has 1 aliphatic rings. The molecule has 1 N–H and O–H groups in total. The zero-order chi connectivity index (χ0) is 13.9. The van der Waals surface area contributed by atoms with Crippen LogP contribution in [0.1, 0.15) is 37.8 Å². The quantitative estimate of drug-likeness (QED) is 0.911. The van der Waals surface area contributed by atoms with Gasteiger partial charge in [-0.05, 0) is 37.1 Å². The minimum atomic E-state index is -2.98. The van der Waals surface area contributed by atoms with E-state index in [4.69, 9.17) is 0 Å². The van der Waals surface area contributed by atoms with Gasteiger partial charge in [-0.1, -0.05) is 41.4 Å². The molecule has 1 saturated heterocycles. The number of hydrogen-bond donors (Lipinski definition) is 1. The first-order valence-corrected chi connectivity index (χ1v) is 9.26. The Morgan fingerprint density at radius 1 is 1.32 bits per heavy atom. The summed E-state index contributed by atoms with van der Waals surface area (Å²) in [7, 11) is -2.98. The second-order valence-electron chi connectivity index (χ2n) is 4.99. The van der Waals surface area contributed by atoms with Crippen LogP contribution < -0.4 is 5.32 Å². The molecular weight excluding hydrogens is 326 g/mol. The highest BCUT2D eigenvalue weighted by atomic mass is 79.9. The highest BCUT2D eigenvalue weighted by Gasteiger charge is 2.35. The highest BCUT2D eigenvalue weighted by Crippen LogP contribution is 2.31. The highest BCUT2D eigenvalue weighted by molar-refractivity contribution is 9.10. The van der Waals surface area contributed by atoms with E-state index in [1.54, 1.807) is 0 Å². The van der Waals surface area contributed by atoms with E-state index in [0.29, 0.717) is 5.75 Å². The molecule has 0 aromatic heterocycles. The van der Waals surface area contributed by atoms with Crippen LogP contribution in [0.15, 0.2) is 28.7 Å². The van der Waals surface area contributed by atoms with Gasteiger partial charge in [0.2, 0.25) is 0 Å². The average molecular weight is 346 g/mol. The Kier molecular flexibility index (Phi) is 5.03. The molecule has 106 valence electrons. The van der Waals surface area contributed by atoms with E-state index in [2.05, 4.69) is 21.2 Å². The van der Waals surface area contributed by atoms with E-state index >= 15 is 0 Å². The molecule has 1 heterocycles. The van der Waals surface area contributed by atoms with Crippen molar-refractivity contribution in [1.29, 1.82) is 0 Å². The number of sulfone groups is 1. The third kappa shape index (κ3) is 3.58. The van der Waals surface area contributed by atoms with Crippen LogP contribution in [0.5, 0.6) is 0 Å². The van der Waals surface area contributed by atoms with Crippen molar-refractivity contribution in [3.63, 3.8) is 0 Å². The second kappa shape index (κ2) is 6.37. The van der Waals surface area contributed by atoms with Crippen LogP contribution in [-0.2, 0) is 9.84 Å². The fourth-order valence-corrected chi connectivity index (χ4v) is 5.08. The van der Waals surface area contributed by atoms with Crippen molar-refractivity contribution in [2.24, 2.45) is 0 Å². The first-order chi connectivity index (χ1) is 9.04. The maximum absolute atomic E-state index is 12.3. The van der Waals surface area contributed by atoms with Gasteiger partial charge in [-0.2, -0.15) is 0 Å². The summed E-state index contributed by atoms with van der Waals surface area (Å²) in [5.41, 5.74) is 1.06. The number of halogens is 1. The number of hydrogen-bond acceptors (Lipinski definition) is 3. The predicted molar refractivity (Wildman–Crippen MR) is 82.0 cm³/mol. The third-order valence-corrected chi connectivity index (χ3v) is 6.47. The summed E-state index contributed by atoms with van der Waals surface area (Å²) in [5, 5.41) is 3.06. The lowest BCUT2D eigenvalue weighted by atomic mass is 9.99. The van der Waals surface area contributed by atoms with Crippen LogP contribution in [0, 0.1) is 0 Å². The SMILES string of the molecule is CCNC(c1ccc(Br)cc1)C1CCCCS1(=O)=O. The van der Waals surface area contributed by atoms with Crippen LogP contribution in [0.4, 0.5) is 0 Å². The van der Waals surface area contributed by atoms with E-state index in [-0.39, 0.29) is 11.3 Å². The Balaban J connectivity index is 2.31. The molecule has 1 aromatic carbocycles. The molecule has 3 nitrogen and oxygen atoms in total. The van der Waals surface area contributed by atoms with Gasteiger partial charge in [0.05, 0.1) is 11.0 Å². The summed E-state index contributed by atoms with van der Waals surface area (Å²) in [4.78, 5) is 0. The van der Waals surface area contributed by atoms with Crippen LogP contribution in [0.25, 0.3) is 0 Å². The van der Waals surface area contributed by atoms with Crippen molar-refractivity contribution in [2.45, 2.75) is 37.5 Å².